The summed E-state index contributed by atoms with van der Waals surface area (Å²) < 4.78 is 35.5. The van der Waals surface area contributed by atoms with Gasteiger partial charge in [0.15, 0.2) is 3.72 Å². The molecule has 5 heteroatoms. The smallest absolute Gasteiger partial charge is 0.271 e. The van der Waals surface area contributed by atoms with Gasteiger partial charge < -0.3 is 0 Å². The van der Waals surface area contributed by atoms with Crippen LogP contribution in [0.15, 0.2) is 4.99 Å². The summed E-state index contributed by atoms with van der Waals surface area (Å²) in [6.07, 6.45) is 0.518. The average Bonchev–Trinajstić information content (AvgIpc) is 2.04. The maximum Gasteiger partial charge on any atom is 0.438 e. The van der Waals surface area contributed by atoms with Gasteiger partial charge in [-0.25, -0.2) is 0 Å². The summed E-state index contributed by atoms with van der Waals surface area (Å²) >= 11 is 1.28. The molecule has 0 radical (unpaired) electrons. The summed E-state index contributed by atoms with van der Waals surface area (Å²) in [6, 6.07) is -0.0951. The molecular formula is C8H11F3IN. The molecule has 13 heavy (non-hydrogen) atoms. The zero-order chi connectivity index (χ0) is 9.90. The second-order valence-corrected chi connectivity index (χ2v) is 4.23. The highest BCUT2D eigenvalue weighted by molar-refractivity contribution is 14.1. The summed E-state index contributed by atoms with van der Waals surface area (Å²) in [7, 11) is 0. The fourth-order valence-corrected chi connectivity index (χ4v) is 1.84. The summed E-state index contributed by atoms with van der Waals surface area (Å²) in [5.74, 6) is 0. The number of hydrogen-bond donors (Lipinski definition) is 0. The van der Waals surface area contributed by atoms with Crippen molar-refractivity contribution in [1.29, 1.82) is 0 Å². The third-order valence-electron chi connectivity index (χ3n) is 2.10. The first-order valence-electron chi connectivity index (χ1n) is 4.30. The lowest BCUT2D eigenvalue weighted by Crippen LogP contribution is -2.20. The van der Waals surface area contributed by atoms with Crippen LogP contribution in [0, 0.1) is 0 Å². The van der Waals surface area contributed by atoms with Gasteiger partial charge in [0.05, 0.1) is 6.04 Å². The van der Waals surface area contributed by atoms with Crippen LogP contribution in [0.4, 0.5) is 13.2 Å². The molecule has 0 aromatic rings. The first-order valence-corrected chi connectivity index (χ1v) is 5.38. The monoisotopic (exact) mass is 305 g/mol. The normalized spacial score (nSPS) is 22.0. The lowest BCUT2D eigenvalue weighted by molar-refractivity contribution is -0.0549. The van der Waals surface area contributed by atoms with Crippen molar-refractivity contribution in [3.05, 3.63) is 0 Å². The largest absolute Gasteiger partial charge is 0.438 e. The molecule has 1 aliphatic rings. The Hall–Kier alpha value is 0.190. The quantitative estimate of drug-likeness (QED) is 0.517. The van der Waals surface area contributed by atoms with Gasteiger partial charge >= 0.3 is 6.18 Å². The molecule has 1 aliphatic carbocycles. The lowest BCUT2D eigenvalue weighted by Gasteiger charge is -2.18. The third-order valence-corrected chi connectivity index (χ3v) is 2.99. The van der Waals surface area contributed by atoms with Gasteiger partial charge in [0, 0.05) is 0 Å². The Bertz CT molecular complexity index is 194. The molecule has 1 rings (SSSR count). The predicted molar refractivity (Wildman–Crippen MR) is 54.4 cm³/mol. The summed E-state index contributed by atoms with van der Waals surface area (Å²) in [5, 5.41) is 0. The number of rotatable bonds is 1. The second kappa shape index (κ2) is 4.61. The molecule has 0 heterocycles. The van der Waals surface area contributed by atoms with Crippen LogP contribution in [0.5, 0.6) is 0 Å². The maximum absolute atomic E-state index is 12.1. The molecule has 76 valence electrons. The topological polar surface area (TPSA) is 12.4 Å². The van der Waals surface area contributed by atoms with E-state index >= 15 is 0 Å². The highest BCUT2D eigenvalue weighted by Crippen LogP contribution is 2.26. The van der Waals surface area contributed by atoms with Crippen molar-refractivity contribution in [3.8, 4) is 0 Å². The lowest BCUT2D eigenvalue weighted by atomic mass is 9.96. The number of hydrogen-bond acceptors (Lipinski definition) is 1. The van der Waals surface area contributed by atoms with Crippen molar-refractivity contribution in [2.24, 2.45) is 4.99 Å². The molecule has 0 saturated heterocycles. The van der Waals surface area contributed by atoms with Crippen LogP contribution < -0.4 is 0 Å². The zero-order valence-corrected chi connectivity index (χ0v) is 9.23. The van der Waals surface area contributed by atoms with Crippen molar-refractivity contribution in [2.75, 3.05) is 0 Å². The van der Waals surface area contributed by atoms with E-state index in [0.717, 1.165) is 32.1 Å². The van der Waals surface area contributed by atoms with Gasteiger partial charge in [0.2, 0.25) is 0 Å². The minimum atomic E-state index is -4.25. The molecule has 0 unspecified atom stereocenters. The van der Waals surface area contributed by atoms with E-state index in [-0.39, 0.29) is 6.04 Å². The van der Waals surface area contributed by atoms with Crippen LogP contribution >= 0.6 is 22.6 Å². The predicted octanol–water partition coefficient (Wildman–Crippen LogP) is 3.71. The van der Waals surface area contributed by atoms with E-state index in [1.165, 1.54) is 22.6 Å². The molecule has 1 nitrogen and oxygen atoms in total. The van der Waals surface area contributed by atoms with Crippen LogP contribution in [0.2, 0.25) is 0 Å². The fourth-order valence-electron chi connectivity index (χ4n) is 1.44. The highest BCUT2D eigenvalue weighted by Gasteiger charge is 2.34. The molecule has 0 aromatic carbocycles. The Morgan fingerprint density at radius 3 is 2.15 bits per heavy atom. The van der Waals surface area contributed by atoms with Crippen LogP contribution in [0.1, 0.15) is 32.1 Å². The molecule has 0 bridgehead atoms. The molecule has 1 fully saturated rings. The molecule has 1 saturated carbocycles. The summed E-state index contributed by atoms with van der Waals surface area (Å²) in [5.41, 5.74) is 0. The second-order valence-electron chi connectivity index (χ2n) is 3.21. The first-order chi connectivity index (χ1) is 6.00. The maximum atomic E-state index is 12.1. The molecule has 0 N–H and O–H groups in total. The van der Waals surface area contributed by atoms with Crippen LogP contribution in [-0.4, -0.2) is 15.9 Å². The molecule has 0 amide bonds. The van der Waals surface area contributed by atoms with Crippen molar-refractivity contribution in [3.63, 3.8) is 0 Å². The van der Waals surface area contributed by atoms with Crippen molar-refractivity contribution >= 4 is 26.3 Å². The highest BCUT2D eigenvalue weighted by atomic mass is 127. The standard InChI is InChI=1S/C8H11F3IN/c9-8(10,11)7(12)13-6-4-2-1-3-5-6/h6H,1-5H2. The van der Waals surface area contributed by atoms with E-state index in [1.807, 2.05) is 0 Å². The fraction of sp³-hybridized carbons (Fsp3) is 0.875. The Morgan fingerprint density at radius 2 is 1.69 bits per heavy atom. The van der Waals surface area contributed by atoms with E-state index in [1.54, 1.807) is 0 Å². The van der Waals surface area contributed by atoms with Gasteiger partial charge in [0.1, 0.15) is 0 Å². The Labute approximate surface area is 88.9 Å². The van der Waals surface area contributed by atoms with E-state index in [0.29, 0.717) is 0 Å². The SMILES string of the molecule is FC(F)(F)C(I)=NC1CCCCC1. The minimum absolute atomic E-state index is 0.0951. The van der Waals surface area contributed by atoms with E-state index in [9.17, 15) is 13.2 Å². The minimum Gasteiger partial charge on any atom is -0.271 e. The molecule has 0 aromatic heterocycles. The Kier molecular flexibility index (Phi) is 4.00. The third kappa shape index (κ3) is 3.83. The molecule has 0 spiro atoms. The summed E-state index contributed by atoms with van der Waals surface area (Å²) in [6.45, 7) is 0. The van der Waals surface area contributed by atoms with Crippen LogP contribution in [-0.2, 0) is 0 Å². The van der Waals surface area contributed by atoms with E-state index in [4.69, 9.17) is 0 Å². The van der Waals surface area contributed by atoms with Crippen molar-refractivity contribution < 1.29 is 13.2 Å². The van der Waals surface area contributed by atoms with Crippen molar-refractivity contribution in [1.82, 2.24) is 0 Å². The van der Waals surface area contributed by atoms with Gasteiger partial charge in [-0.15, -0.1) is 0 Å². The van der Waals surface area contributed by atoms with Gasteiger partial charge in [-0.1, -0.05) is 19.3 Å². The molecule has 0 aliphatic heterocycles. The van der Waals surface area contributed by atoms with E-state index < -0.39 is 9.89 Å². The summed E-state index contributed by atoms with van der Waals surface area (Å²) in [4.78, 5) is 3.69. The van der Waals surface area contributed by atoms with Gasteiger partial charge in [0.25, 0.3) is 0 Å². The van der Waals surface area contributed by atoms with Crippen LogP contribution in [0.25, 0.3) is 0 Å². The Morgan fingerprint density at radius 1 is 1.15 bits per heavy atom. The average molecular weight is 305 g/mol. The Balaban J connectivity index is 2.53. The number of aliphatic imine (C=N–C) groups is 1. The van der Waals surface area contributed by atoms with Gasteiger partial charge in [-0.2, -0.15) is 13.2 Å². The number of halogens is 4. The molecule has 0 atom stereocenters. The first kappa shape index (κ1) is 11.3. The van der Waals surface area contributed by atoms with E-state index in [2.05, 4.69) is 4.99 Å². The van der Waals surface area contributed by atoms with Crippen LogP contribution in [0.3, 0.4) is 0 Å². The zero-order valence-electron chi connectivity index (χ0n) is 7.07. The van der Waals surface area contributed by atoms with Gasteiger partial charge in [-0.05, 0) is 35.4 Å². The molecular weight excluding hydrogens is 294 g/mol. The number of alkyl halides is 3. The number of nitrogens with zero attached hydrogens (tertiary/aromatic N) is 1. The van der Waals surface area contributed by atoms with Crippen molar-refractivity contribution in [2.45, 2.75) is 44.3 Å². The van der Waals surface area contributed by atoms with Gasteiger partial charge in [-0.3, -0.25) is 4.99 Å².